The van der Waals surface area contributed by atoms with Crippen molar-refractivity contribution in [3.63, 3.8) is 0 Å². The minimum Gasteiger partial charge on any atom is -0.309 e. The summed E-state index contributed by atoms with van der Waals surface area (Å²) in [5.74, 6) is 0. The summed E-state index contributed by atoms with van der Waals surface area (Å²) in [6.45, 7) is 0. The Kier molecular flexibility index (Phi) is 4.33. The highest BCUT2D eigenvalue weighted by Gasteiger charge is 2.17. The van der Waals surface area contributed by atoms with Crippen molar-refractivity contribution >= 4 is 59.9 Å². The molecule has 0 N–H and O–H groups in total. The molecule has 9 rings (SSSR count). The van der Waals surface area contributed by atoms with E-state index in [0.717, 1.165) is 16.9 Å². The van der Waals surface area contributed by atoms with Crippen molar-refractivity contribution in [1.29, 1.82) is 0 Å². The molecule has 0 aliphatic heterocycles. The molecule has 0 spiro atoms. The van der Waals surface area contributed by atoms with Crippen molar-refractivity contribution in [2.24, 2.45) is 0 Å². The third-order valence-electron chi connectivity index (χ3n) is 8.30. The van der Waals surface area contributed by atoms with Crippen LogP contribution in [0.4, 0.5) is 0 Å². The number of pyridine rings is 2. The van der Waals surface area contributed by atoms with Crippen LogP contribution in [0.5, 0.6) is 0 Å². The zero-order valence-electron chi connectivity index (χ0n) is 21.6. The van der Waals surface area contributed by atoms with Crippen molar-refractivity contribution in [2.75, 3.05) is 0 Å². The second-order valence-electron chi connectivity index (χ2n) is 10.5. The van der Waals surface area contributed by atoms with E-state index in [1.54, 1.807) is 0 Å². The maximum Gasteiger partial charge on any atom is 0.0702 e. The third-order valence-corrected chi connectivity index (χ3v) is 8.30. The molecule has 9 aromatic rings. The second-order valence-corrected chi connectivity index (χ2v) is 10.5. The fourth-order valence-electron chi connectivity index (χ4n) is 6.58. The predicted octanol–water partition coefficient (Wildman–Crippen LogP) is 9.56. The van der Waals surface area contributed by atoms with Gasteiger partial charge in [-0.3, -0.25) is 4.98 Å². The van der Waals surface area contributed by atoms with Gasteiger partial charge >= 0.3 is 0 Å². The van der Waals surface area contributed by atoms with E-state index in [4.69, 9.17) is 0 Å². The normalized spacial score (nSPS) is 12.0. The number of nitrogens with zero attached hydrogens (tertiary/aromatic N) is 3. The number of rotatable bonds is 2. The summed E-state index contributed by atoms with van der Waals surface area (Å²) in [4.78, 5) is 4.60. The van der Waals surface area contributed by atoms with Gasteiger partial charge in [-0.25, -0.2) is 0 Å². The Hall–Kier alpha value is -5.41. The van der Waals surface area contributed by atoms with E-state index in [1.807, 2.05) is 18.3 Å². The maximum absolute atomic E-state index is 4.60. The molecule has 4 heterocycles. The molecule has 0 saturated heterocycles. The number of para-hydroxylation sites is 2. The van der Waals surface area contributed by atoms with Crippen molar-refractivity contribution in [3.05, 3.63) is 140 Å². The summed E-state index contributed by atoms with van der Waals surface area (Å²) in [5.41, 5.74) is 9.33. The first kappa shape index (κ1) is 21.5. The van der Waals surface area contributed by atoms with Gasteiger partial charge in [0.05, 0.1) is 33.3 Å². The van der Waals surface area contributed by atoms with E-state index < -0.39 is 0 Å². The summed E-state index contributed by atoms with van der Waals surface area (Å²) in [6, 6.07) is 48.1. The monoisotopic (exact) mass is 509 g/mol. The van der Waals surface area contributed by atoms with Crippen LogP contribution < -0.4 is 0 Å². The number of benzene rings is 5. The van der Waals surface area contributed by atoms with Crippen LogP contribution in [0.1, 0.15) is 0 Å². The molecule has 0 radical (unpaired) electrons. The maximum atomic E-state index is 4.60. The van der Waals surface area contributed by atoms with E-state index in [2.05, 4.69) is 135 Å². The zero-order chi connectivity index (χ0) is 26.2. The molecule has 0 aliphatic carbocycles. The SMILES string of the molecule is c1ccc(-c2cccc(-n3c4ccccc4c4cc5c(cc43)cc3c4ccccc4c4ccccc4n53)c2)nc1. The molecule has 0 aliphatic rings. The van der Waals surface area contributed by atoms with E-state index in [9.17, 15) is 0 Å². The molecule has 3 heteroatoms. The first-order chi connectivity index (χ1) is 19.8. The third kappa shape index (κ3) is 2.92. The summed E-state index contributed by atoms with van der Waals surface area (Å²) >= 11 is 0. The number of hydrogen-bond acceptors (Lipinski definition) is 1. The lowest BCUT2D eigenvalue weighted by molar-refractivity contribution is 1.18. The largest absolute Gasteiger partial charge is 0.309 e. The fraction of sp³-hybridized carbons (Fsp3) is 0. The van der Waals surface area contributed by atoms with E-state index in [1.165, 1.54) is 59.9 Å². The van der Waals surface area contributed by atoms with E-state index in [-0.39, 0.29) is 0 Å². The topological polar surface area (TPSA) is 22.2 Å². The summed E-state index contributed by atoms with van der Waals surface area (Å²) in [7, 11) is 0. The van der Waals surface area contributed by atoms with Gasteiger partial charge in [-0.15, -0.1) is 0 Å². The highest BCUT2D eigenvalue weighted by molar-refractivity contribution is 6.18. The smallest absolute Gasteiger partial charge is 0.0702 e. The lowest BCUT2D eigenvalue weighted by atomic mass is 10.1. The number of hydrogen-bond donors (Lipinski definition) is 0. The van der Waals surface area contributed by atoms with Gasteiger partial charge in [0.1, 0.15) is 0 Å². The molecule has 186 valence electrons. The Morgan fingerprint density at radius 2 is 1.10 bits per heavy atom. The lowest BCUT2D eigenvalue weighted by Crippen LogP contribution is -1.94. The van der Waals surface area contributed by atoms with Crippen LogP contribution in [0.2, 0.25) is 0 Å². The molecule has 4 aromatic heterocycles. The van der Waals surface area contributed by atoms with Crippen LogP contribution in [0.3, 0.4) is 0 Å². The minimum atomic E-state index is 0.977. The average Bonchev–Trinajstić information content (AvgIpc) is 3.56. The first-order valence-electron chi connectivity index (χ1n) is 13.6. The molecule has 0 unspecified atom stereocenters. The van der Waals surface area contributed by atoms with Gasteiger partial charge in [0, 0.05) is 44.4 Å². The Bertz CT molecular complexity index is 2430. The first-order valence-corrected chi connectivity index (χ1v) is 13.6. The van der Waals surface area contributed by atoms with Gasteiger partial charge in [0.2, 0.25) is 0 Å². The van der Waals surface area contributed by atoms with Crippen molar-refractivity contribution in [1.82, 2.24) is 14.0 Å². The standard InChI is InChI=1S/C37H23N3/c1-2-14-29-27(12-1)28-13-3-6-18-34(28)40-35-23-31-30-15-4-5-17-33(30)39(37(31)22-25(35)21-36(29)40)26-11-9-10-24(20-26)32-16-7-8-19-38-32/h1-23H. The Morgan fingerprint density at radius 1 is 0.425 bits per heavy atom. The minimum absolute atomic E-state index is 0.977. The van der Waals surface area contributed by atoms with Crippen LogP contribution in [0, 0.1) is 0 Å². The van der Waals surface area contributed by atoms with Crippen molar-refractivity contribution in [2.45, 2.75) is 0 Å². The van der Waals surface area contributed by atoms with Crippen molar-refractivity contribution in [3.8, 4) is 16.9 Å². The van der Waals surface area contributed by atoms with Gasteiger partial charge in [-0.2, -0.15) is 0 Å². The molecule has 0 saturated carbocycles. The molecular formula is C37H23N3. The van der Waals surface area contributed by atoms with Crippen LogP contribution in [-0.4, -0.2) is 14.0 Å². The molecule has 40 heavy (non-hydrogen) atoms. The zero-order valence-corrected chi connectivity index (χ0v) is 21.6. The molecule has 0 amide bonds. The van der Waals surface area contributed by atoms with Crippen LogP contribution >= 0.6 is 0 Å². The number of aromatic nitrogens is 3. The van der Waals surface area contributed by atoms with E-state index in [0.29, 0.717) is 0 Å². The predicted molar refractivity (Wildman–Crippen MR) is 167 cm³/mol. The fourth-order valence-corrected chi connectivity index (χ4v) is 6.58. The van der Waals surface area contributed by atoms with Crippen molar-refractivity contribution < 1.29 is 0 Å². The molecule has 0 bridgehead atoms. The Morgan fingerprint density at radius 3 is 1.90 bits per heavy atom. The molecule has 5 aromatic carbocycles. The average molecular weight is 510 g/mol. The Labute approximate surface area is 230 Å². The molecular weight excluding hydrogens is 486 g/mol. The van der Waals surface area contributed by atoms with Gasteiger partial charge in [0.25, 0.3) is 0 Å². The van der Waals surface area contributed by atoms with Gasteiger partial charge in [-0.05, 0) is 60.0 Å². The Balaban J connectivity index is 1.42. The molecule has 3 nitrogen and oxygen atoms in total. The number of fused-ring (bicyclic) bond motifs is 11. The van der Waals surface area contributed by atoms with Crippen LogP contribution in [-0.2, 0) is 0 Å². The summed E-state index contributed by atoms with van der Waals surface area (Å²) < 4.78 is 4.84. The molecule has 0 fully saturated rings. The van der Waals surface area contributed by atoms with Gasteiger partial charge in [0.15, 0.2) is 0 Å². The van der Waals surface area contributed by atoms with Crippen LogP contribution in [0.25, 0.3) is 76.8 Å². The summed E-state index contributed by atoms with van der Waals surface area (Å²) in [5, 5.41) is 7.58. The lowest BCUT2D eigenvalue weighted by Gasteiger charge is -2.11. The summed E-state index contributed by atoms with van der Waals surface area (Å²) in [6.07, 6.45) is 1.85. The quantitative estimate of drug-likeness (QED) is 0.213. The highest BCUT2D eigenvalue weighted by atomic mass is 15.0. The molecule has 0 atom stereocenters. The second kappa shape index (κ2) is 8.05. The van der Waals surface area contributed by atoms with Gasteiger partial charge in [-0.1, -0.05) is 78.9 Å². The van der Waals surface area contributed by atoms with E-state index >= 15 is 0 Å². The van der Waals surface area contributed by atoms with Crippen LogP contribution in [0.15, 0.2) is 140 Å². The highest BCUT2D eigenvalue weighted by Crippen LogP contribution is 2.39. The van der Waals surface area contributed by atoms with Gasteiger partial charge < -0.3 is 8.97 Å².